The van der Waals surface area contributed by atoms with Crippen molar-refractivity contribution in [2.24, 2.45) is 4.99 Å². The summed E-state index contributed by atoms with van der Waals surface area (Å²) in [6.45, 7) is 2.60. The number of thioether (sulfide) groups is 1. The SMILES string of the molecule is CCN1C(=O)/C(=C/c2ccccc2OCc2ccccc2Cl)SC1=Nc1cccc(C(=O)O)c1. The van der Waals surface area contributed by atoms with Crippen LogP contribution in [0.1, 0.15) is 28.4 Å². The molecule has 0 aliphatic carbocycles. The van der Waals surface area contributed by atoms with Gasteiger partial charge in [-0.3, -0.25) is 9.69 Å². The van der Waals surface area contributed by atoms with Crippen molar-refractivity contribution < 1.29 is 19.4 Å². The summed E-state index contributed by atoms with van der Waals surface area (Å²) in [4.78, 5) is 30.9. The minimum absolute atomic E-state index is 0.139. The van der Waals surface area contributed by atoms with Crippen molar-refractivity contribution in [1.29, 1.82) is 0 Å². The molecule has 6 nitrogen and oxygen atoms in total. The van der Waals surface area contributed by atoms with Gasteiger partial charge in [0.2, 0.25) is 0 Å². The number of carboxylic acid groups (broad SMARTS) is 1. The maximum absolute atomic E-state index is 13.1. The van der Waals surface area contributed by atoms with Gasteiger partial charge >= 0.3 is 5.97 Å². The Morgan fingerprint density at radius 2 is 1.88 bits per heavy atom. The number of halogens is 1. The standard InChI is InChI=1S/C26H21ClN2O4S/c1-2-29-24(30)23(34-26(29)28-20-11-7-10-18(14-20)25(31)32)15-17-8-4-6-13-22(17)33-16-19-9-3-5-12-21(19)27/h3-15H,2,16H2,1H3,(H,31,32)/b23-15-,28-26?. The second-order valence-electron chi connectivity index (χ2n) is 7.33. The molecule has 1 amide bonds. The molecule has 34 heavy (non-hydrogen) atoms. The average Bonchev–Trinajstić information content (AvgIpc) is 3.13. The first kappa shape index (κ1) is 23.6. The molecule has 8 heteroatoms. The van der Waals surface area contributed by atoms with Gasteiger partial charge in [-0.1, -0.05) is 54.1 Å². The molecule has 0 aromatic heterocycles. The number of ether oxygens (including phenoxy) is 1. The predicted molar refractivity (Wildman–Crippen MR) is 136 cm³/mol. The van der Waals surface area contributed by atoms with E-state index in [9.17, 15) is 14.7 Å². The summed E-state index contributed by atoms with van der Waals surface area (Å²) in [6, 6.07) is 21.3. The minimum Gasteiger partial charge on any atom is -0.488 e. The lowest BCUT2D eigenvalue weighted by atomic mass is 10.1. The van der Waals surface area contributed by atoms with E-state index in [4.69, 9.17) is 16.3 Å². The molecule has 172 valence electrons. The van der Waals surface area contributed by atoms with E-state index in [1.54, 1.807) is 23.1 Å². The number of carbonyl (C=O) groups is 2. The molecular weight excluding hydrogens is 472 g/mol. The van der Waals surface area contributed by atoms with E-state index >= 15 is 0 Å². The first-order chi connectivity index (χ1) is 16.5. The highest BCUT2D eigenvalue weighted by molar-refractivity contribution is 8.18. The molecule has 0 unspecified atom stereocenters. The number of hydrogen-bond donors (Lipinski definition) is 1. The summed E-state index contributed by atoms with van der Waals surface area (Å²) >= 11 is 7.48. The number of aliphatic imine (C=N–C) groups is 1. The monoisotopic (exact) mass is 492 g/mol. The fourth-order valence-corrected chi connectivity index (χ4v) is 4.58. The van der Waals surface area contributed by atoms with Crippen LogP contribution in [-0.4, -0.2) is 33.6 Å². The molecule has 1 saturated heterocycles. The highest BCUT2D eigenvalue weighted by Gasteiger charge is 2.32. The topological polar surface area (TPSA) is 79.2 Å². The lowest BCUT2D eigenvalue weighted by Gasteiger charge is -2.12. The van der Waals surface area contributed by atoms with Crippen molar-refractivity contribution in [3.63, 3.8) is 0 Å². The summed E-state index contributed by atoms with van der Waals surface area (Å²) in [5, 5.41) is 10.4. The smallest absolute Gasteiger partial charge is 0.335 e. The largest absolute Gasteiger partial charge is 0.488 e. The summed E-state index contributed by atoms with van der Waals surface area (Å²) in [6.07, 6.45) is 1.79. The van der Waals surface area contributed by atoms with E-state index in [2.05, 4.69) is 4.99 Å². The molecule has 0 spiro atoms. The van der Waals surface area contributed by atoms with Crippen LogP contribution in [0.3, 0.4) is 0 Å². The summed E-state index contributed by atoms with van der Waals surface area (Å²) in [5.41, 5.74) is 2.24. The Morgan fingerprint density at radius 1 is 1.12 bits per heavy atom. The number of rotatable bonds is 7. The molecule has 1 heterocycles. The van der Waals surface area contributed by atoms with E-state index in [-0.39, 0.29) is 11.5 Å². The third-order valence-corrected chi connectivity index (χ3v) is 6.44. The summed E-state index contributed by atoms with van der Waals surface area (Å²) in [7, 11) is 0. The van der Waals surface area contributed by atoms with Crippen molar-refractivity contribution in [3.8, 4) is 5.75 Å². The highest BCUT2D eigenvalue weighted by Crippen LogP contribution is 2.35. The van der Waals surface area contributed by atoms with Gasteiger partial charge in [0, 0.05) is 22.7 Å². The van der Waals surface area contributed by atoms with Gasteiger partial charge in [0.25, 0.3) is 5.91 Å². The third-order valence-electron chi connectivity index (χ3n) is 5.07. The van der Waals surface area contributed by atoms with E-state index in [1.807, 2.05) is 55.5 Å². The molecule has 0 atom stereocenters. The fourth-order valence-electron chi connectivity index (χ4n) is 3.33. The van der Waals surface area contributed by atoms with Crippen molar-refractivity contribution in [1.82, 2.24) is 4.90 Å². The number of benzene rings is 3. The highest BCUT2D eigenvalue weighted by atomic mass is 35.5. The number of aromatic carboxylic acids is 1. The van der Waals surface area contributed by atoms with Gasteiger partial charge < -0.3 is 9.84 Å². The number of carboxylic acids is 1. The molecule has 3 aromatic rings. The van der Waals surface area contributed by atoms with E-state index < -0.39 is 5.97 Å². The van der Waals surface area contributed by atoms with Crippen LogP contribution in [0.15, 0.2) is 82.7 Å². The maximum Gasteiger partial charge on any atom is 0.335 e. The fraction of sp³-hybridized carbons (Fsp3) is 0.115. The normalized spacial score (nSPS) is 15.8. The molecule has 3 aromatic carbocycles. The Balaban J connectivity index is 1.60. The maximum atomic E-state index is 13.1. The van der Waals surface area contributed by atoms with Crippen molar-refractivity contribution in [3.05, 3.63) is 99.4 Å². The van der Waals surface area contributed by atoms with Crippen LogP contribution in [0.2, 0.25) is 5.02 Å². The zero-order valence-corrected chi connectivity index (χ0v) is 19.8. The van der Waals surface area contributed by atoms with Crippen molar-refractivity contribution in [2.75, 3.05) is 6.54 Å². The Bertz CT molecular complexity index is 1310. The Labute approximate surface area is 206 Å². The molecular formula is C26H21ClN2O4S. The van der Waals surface area contributed by atoms with Crippen molar-refractivity contribution >= 4 is 52.2 Å². The van der Waals surface area contributed by atoms with Gasteiger partial charge in [0.1, 0.15) is 12.4 Å². The molecule has 1 aliphatic rings. The van der Waals surface area contributed by atoms with Gasteiger partial charge in [-0.25, -0.2) is 9.79 Å². The lowest BCUT2D eigenvalue weighted by Crippen LogP contribution is -2.28. The second kappa shape index (κ2) is 10.6. The van der Waals surface area contributed by atoms with Gasteiger partial charge in [-0.05, 0) is 55.1 Å². The first-order valence-corrected chi connectivity index (χ1v) is 11.7. The summed E-state index contributed by atoms with van der Waals surface area (Å²) < 4.78 is 6.01. The van der Waals surface area contributed by atoms with E-state index in [1.165, 1.54) is 23.9 Å². The molecule has 0 bridgehead atoms. The molecule has 0 radical (unpaired) electrons. The summed E-state index contributed by atoms with van der Waals surface area (Å²) in [5.74, 6) is -0.564. The first-order valence-electron chi connectivity index (χ1n) is 10.5. The Hall–Kier alpha value is -3.55. The molecule has 4 rings (SSSR count). The van der Waals surface area contributed by atoms with Crippen molar-refractivity contribution in [2.45, 2.75) is 13.5 Å². The number of amides is 1. The van der Waals surface area contributed by atoms with E-state index in [0.29, 0.717) is 39.7 Å². The Kier molecular flexibility index (Phi) is 7.35. The number of para-hydroxylation sites is 1. The average molecular weight is 493 g/mol. The number of amidine groups is 1. The van der Waals surface area contributed by atoms with E-state index in [0.717, 1.165) is 11.1 Å². The van der Waals surface area contributed by atoms with Crippen LogP contribution in [0, 0.1) is 0 Å². The van der Waals surface area contributed by atoms with Crippen LogP contribution >= 0.6 is 23.4 Å². The lowest BCUT2D eigenvalue weighted by molar-refractivity contribution is -0.122. The van der Waals surface area contributed by atoms with Crippen LogP contribution in [-0.2, 0) is 11.4 Å². The quantitative estimate of drug-likeness (QED) is 0.395. The van der Waals surface area contributed by atoms with Crippen LogP contribution < -0.4 is 4.74 Å². The zero-order valence-electron chi connectivity index (χ0n) is 18.3. The number of carbonyl (C=O) groups excluding carboxylic acids is 1. The minimum atomic E-state index is -1.03. The number of hydrogen-bond acceptors (Lipinski definition) is 5. The Morgan fingerprint density at radius 3 is 2.65 bits per heavy atom. The van der Waals surface area contributed by atoms with Crippen LogP contribution in [0.4, 0.5) is 5.69 Å². The number of nitrogens with zero attached hydrogens (tertiary/aromatic N) is 2. The van der Waals surface area contributed by atoms with Gasteiger partial charge in [-0.2, -0.15) is 0 Å². The van der Waals surface area contributed by atoms with Gasteiger partial charge in [-0.15, -0.1) is 0 Å². The van der Waals surface area contributed by atoms with Crippen LogP contribution in [0.25, 0.3) is 6.08 Å². The predicted octanol–water partition coefficient (Wildman–Crippen LogP) is 6.24. The second-order valence-corrected chi connectivity index (χ2v) is 8.74. The zero-order chi connectivity index (χ0) is 24.1. The molecule has 1 aliphatic heterocycles. The van der Waals surface area contributed by atoms with Gasteiger partial charge in [0.15, 0.2) is 5.17 Å². The molecule has 1 N–H and O–H groups in total. The van der Waals surface area contributed by atoms with Gasteiger partial charge in [0.05, 0.1) is 16.2 Å². The molecule has 0 saturated carbocycles. The molecule has 1 fully saturated rings. The van der Waals surface area contributed by atoms with Crippen LogP contribution in [0.5, 0.6) is 5.75 Å². The number of likely N-dealkylation sites (N-methyl/N-ethyl adjacent to an activating group) is 1. The third kappa shape index (κ3) is 5.32.